The minimum atomic E-state index is 0.789. The molecule has 1 aliphatic heterocycles. The highest BCUT2D eigenvalue weighted by Gasteiger charge is 2.28. The lowest BCUT2D eigenvalue weighted by Gasteiger charge is -2.26. The molecule has 12 heavy (non-hydrogen) atoms. The Bertz CT molecular complexity index is 135. The molecule has 1 saturated heterocycles. The fourth-order valence-electron chi connectivity index (χ4n) is 2.94. The summed E-state index contributed by atoms with van der Waals surface area (Å²) in [5.74, 6) is 2.08. The van der Waals surface area contributed by atoms with Gasteiger partial charge in [0.25, 0.3) is 0 Å². The summed E-state index contributed by atoms with van der Waals surface area (Å²) in [6.45, 7) is 3.62. The zero-order chi connectivity index (χ0) is 8.39. The smallest absolute Gasteiger partial charge is 0.00420 e. The van der Waals surface area contributed by atoms with E-state index in [1.54, 1.807) is 0 Å². The number of rotatable bonds is 1. The Hall–Kier alpha value is -0.0400. The van der Waals surface area contributed by atoms with Gasteiger partial charge in [0.2, 0.25) is 0 Å². The molecule has 1 nitrogen and oxygen atoms in total. The van der Waals surface area contributed by atoms with Crippen molar-refractivity contribution in [2.75, 3.05) is 6.54 Å². The van der Waals surface area contributed by atoms with Crippen LogP contribution in [-0.2, 0) is 0 Å². The van der Waals surface area contributed by atoms with E-state index < -0.39 is 0 Å². The van der Waals surface area contributed by atoms with Crippen LogP contribution in [-0.4, -0.2) is 12.6 Å². The van der Waals surface area contributed by atoms with E-state index in [9.17, 15) is 0 Å². The van der Waals surface area contributed by atoms with Crippen molar-refractivity contribution in [1.82, 2.24) is 5.32 Å². The van der Waals surface area contributed by atoms with Gasteiger partial charge < -0.3 is 5.32 Å². The molecule has 0 unspecified atom stereocenters. The second kappa shape index (κ2) is 3.78. The molecule has 0 amide bonds. The van der Waals surface area contributed by atoms with Crippen LogP contribution in [0.4, 0.5) is 0 Å². The maximum Gasteiger partial charge on any atom is 0.00420 e. The zero-order valence-electron chi connectivity index (χ0n) is 8.18. The van der Waals surface area contributed by atoms with Crippen molar-refractivity contribution in [2.24, 2.45) is 11.8 Å². The minimum absolute atomic E-state index is 0.789. The highest BCUT2D eigenvalue weighted by Crippen LogP contribution is 2.34. The Morgan fingerprint density at radius 3 is 2.33 bits per heavy atom. The van der Waals surface area contributed by atoms with Crippen LogP contribution in [0.3, 0.4) is 0 Å². The third-order valence-electron chi connectivity index (χ3n) is 3.70. The highest BCUT2D eigenvalue weighted by molar-refractivity contribution is 4.84. The Morgan fingerprint density at radius 2 is 1.75 bits per heavy atom. The summed E-state index contributed by atoms with van der Waals surface area (Å²) in [5, 5.41) is 3.57. The van der Waals surface area contributed by atoms with Crippen LogP contribution in [0.25, 0.3) is 0 Å². The largest absolute Gasteiger partial charge is 0.314 e. The van der Waals surface area contributed by atoms with E-state index in [0.29, 0.717) is 0 Å². The Labute approximate surface area is 75.9 Å². The Morgan fingerprint density at radius 1 is 1.00 bits per heavy atom. The SMILES string of the molecule is C[C@H]1C[C@@H](C2CCCCC2)CN1. The molecule has 0 aromatic carbocycles. The molecule has 1 aliphatic carbocycles. The second-order valence-corrected chi connectivity index (χ2v) is 4.70. The Balaban J connectivity index is 1.83. The lowest BCUT2D eigenvalue weighted by molar-refractivity contribution is 0.261. The lowest BCUT2D eigenvalue weighted by atomic mass is 9.79. The molecule has 2 rings (SSSR count). The standard InChI is InChI=1S/C11H21N/c1-9-7-11(8-12-9)10-5-3-2-4-6-10/h9-12H,2-8H2,1H3/t9-,11+/m0/s1. The quantitative estimate of drug-likeness (QED) is 0.633. The second-order valence-electron chi connectivity index (χ2n) is 4.70. The average molecular weight is 167 g/mol. The fourth-order valence-corrected chi connectivity index (χ4v) is 2.94. The van der Waals surface area contributed by atoms with Crippen molar-refractivity contribution in [3.63, 3.8) is 0 Å². The van der Waals surface area contributed by atoms with Crippen molar-refractivity contribution >= 4 is 0 Å². The van der Waals surface area contributed by atoms with Gasteiger partial charge >= 0.3 is 0 Å². The van der Waals surface area contributed by atoms with Crippen LogP contribution in [0.5, 0.6) is 0 Å². The number of hydrogen-bond acceptors (Lipinski definition) is 1. The van der Waals surface area contributed by atoms with Crippen molar-refractivity contribution in [3.8, 4) is 0 Å². The molecule has 70 valence electrons. The average Bonchev–Trinajstić information content (AvgIpc) is 2.54. The van der Waals surface area contributed by atoms with E-state index in [2.05, 4.69) is 12.2 Å². The molecule has 1 saturated carbocycles. The monoisotopic (exact) mass is 167 g/mol. The van der Waals surface area contributed by atoms with Gasteiger partial charge in [0.15, 0.2) is 0 Å². The van der Waals surface area contributed by atoms with Gasteiger partial charge in [-0.05, 0) is 31.7 Å². The molecule has 0 radical (unpaired) electrons. The molecule has 0 spiro atoms. The van der Waals surface area contributed by atoms with Gasteiger partial charge in [-0.2, -0.15) is 0 Å². The Kier molecular flexibility index (Phi) is 2.69. The van der Waals surface area contributed by atoms with E-state index in [0.717, 1.165) is 17.9 Å². The third-order valence-corrected chi connectivity index (χ3v) is 3.70. The normalized spacial score (nSPS) is 38.8. The highest BCUT2D eigenvalue weighted by atomic mass is 14.9. The maximum absolute atomic E-state index is 3.57. The molecule has 1 N–H and O–H groups in total. The van der Waals surface area contributed by atoms with E-state index in [1.807, 2.05) is 0 Å². The molecular weight excluding hydrogens is 146 g/mol. The molecular formula is C11H21N. The van der Waals surface area contributed by atoms with Crippen molar-refractivity contribution in [1.29, 1.82) is 0 Å². The summed E-state index contributed by atoms with van der Waals surface area (Å²) in [7, 11) is 0. The van der Waals surface area contributed by atoms with Gasteiger partial charge in [0.1, 0.15) is 0 Å². The summed E-state index contributed by atoms with van der Waals surface area (Å²) in [4.78, 5) is 0. The summed E-state index contributed by atoms with van der Waals surface area (Å²) >= 11 is 0. The molecule has 0 aromatic heterocycles. The van der Waals surface area contributed by atoms with Gasteiger partial charge in [-0.15, -0.1) is 0 Å². The van der Waals surface area contributed by atoms with Crippen molar-refractivity contribution < 1.29 is 0 Å². The fraction of sp³-hybridized carbons (Fsp3) is 1.00. The molecule has 2 atom stereocenters. The number of hydrogen-bond donors (Lipinski definition) is 1. The first-order valence-electron chi connectivity index (χ1n) is 5.59. The van der Waals surface area contributed by atoms with Crippen LogP contribution in [0, 0.1) is 11.8 Å². The molecule has 1 heteroatoms. The van der Waals surface area contributed by atoms with E-state index in [4.69, 9.17) is 0 Å². The number of nitrogens with one attached hydrogen (secondary N) is 1. The molecule has 0 bridgehead atoms. The van der Waals surface area contributed by atoms with E-state index >= 15 is 0 Å². The molecule has 2 aliphatic rings. The first-order valence-corrected chi connectivity index (χ1v) is 5.59. The van der Waals surface area contributed by atoms with E-state index in [1.165, 1.54) is 45.1 Å². The summed E-state index contributed by atoms with van der Waals surface area (Å²) in [6, 6.07) is 0.789. The zero-order valence-corrected chi connectivity index (χ0v) is 8.18. The first-order chi connectivity index (χ1) is 5.86. The third kappa shape index (κ3) is 1.82. The minimum Gasteiger partial charge on any atom is -0.314 e. The molecule has 0 aromatic rings. The van der Waals surface area contributed by atoms with Crippen LogP contribution in [0.2, 0.25) is 0 Å². The topological polar surface area (TPSA) is 12.0 Å². The predicted molar refractivity (Wildman–Crippen MR) is 52.1 cm³/mol. The summed E-state index contributed by atoms with van der Waals surface area (Å²) in [6.07, 6.45) is 8.94. The predicted octanol–water partition coefficient (Wildman–Crippen LogP) is 2.56. The van der Waals surface area contributed by atoms with Gasteiger partial charge in [-0.25, -0.2) is 0 Å². The maximum atomic E-state index is 3.57. The van der Waals surface area contributed by atoms with Crippen molar-refractivity contribution in [3.05, 3.63) is 0 Å². The molecule has 1 heterocycles. The van der Waals surface area contributed by atoms with E-state index in [-0.39, 0.29) is 0 Å². The summed E-state index contributed by atoms with van der Waals surface area (Å²) < 4.78 is 0. The van der Waals surface area contributed by atoms with Gasteiger partial charge in [-0.3, -0.25) is 0 Å². The first kappa shape index (κ1) is 8.55. The van der Waals surface area contributed by atoms with Crippen LogP contribution in [0.15, 0.2) is 0 Å². The van der Waals surface area contributed by atoms with Gasteiger partial charge in [0, 0.05) is 6.04 Å². The van der Waals surface area contributed by atoms with Crippen LogP contribution < -0.4 is 5.32 Å². The molecule has 2 fully saturated rings. The van der Waals surface area contributed by atoms with Crippen LogP contribution in [0.1, 0.15) is 45.4 Å². The van der Waals surface area contributed by atoms with Gasteiger partial charge in [0.05, 0.1) is 0 Å². The van der Waals surface area contributed by atoms with Crippen molar-refractivity contribution in [2.45, 2.75) is 51.5 Å². The lowest BCUT2D eigenvalue weighted by Crippen LogP contribution is -2.20. The summed E-state index contributed by atoms with van der Waals surface area (Å²) in [5.41, 5.74) is 0. The van der Waals surface area contributed by atoms with Gasteiger partial charge in [-0.1, -0.05) is 32.1 Å². The van der Waals surface area contributed by atoms with Crippen LogP contribution >= 0.6 is 0 Å².